The number of H-pyrrole nitrogens is 1. The van der Waals surface area contributed by atoms with E-state index in [0.29, 0.717) is 38.3 Å². The summed E-state index contributed by atoms with van der Waals surface area (Å²) in [5.41, 5.74) is 2.87. The molecule has 0 fully saturated rings. The van der Waals surface area contributed by atoms with Gasteiger partial charge in [-0.05, 0) is 43.3 Å². The highest BCUT2D eigenvalue weighted by Gasteiger charge is 2.16. The first-order chi connectivity index (χ1) is 15.0. The summed E-state index contributed by atoms with van der Waals surface area (Å²) in [6.45, 7) is 1.87. The number of halogens is 1. The Hall–Kier alpha value is -3.23. The Labute approximate surface area is 187 Å². The highest BCUT2D eigenvalue weighted by molar-refractivity contribution is 7.99. The van der Waals surface area contributed by atoms with Crippen LogP contribution in [0, 0.1) is 6.92 Å². The van der Waals surface area contributed by atoms with Gasteiger partial charge in [-0.15, -0.1) is 0 Å². The van der Waals surface area contributed by atoms with Gasteiger partial charge in [0.05, 0.1) is 29.1 Å². The Kier molecular flexibility index (Phi) is 6.01. The second-order valence-corrected chi connectivity index (χ2v) is 8.12. The number of para-hydroxylation sites is 1. The van der Waals surface area contributed by atoms with Crippen LogP contribution in [0.2, 0.25) is 5.02 Å². The van der Waals surface area contributed by atoms with E-state index < -0.39 is 0 Å². The summed E-state index contributed by atoms with van der Waals surface area (Å²) in [4.78, 5) is 33.4. The number of fused-ring (bicyclic) bond motifs is 1. The molecule has 7 nitrogen and oxygen atoms in total. The minimum absolute atomic E-state index is 0.0673. The lowest BCUT2D eigenvalue weighted by atomic mass is 10.3. The number of thioether (sulfide) groups is 1. The second-order valence-electron chi connectivity index (χ2n) is 6.77. The third-order valence-corrected chi connectivity index (χ3v) is 5.77. The number of nitrogens with one attached hydrogen (secondary N) is 2. The van der Waals surface area contributed by atoms with E-state index in [4.69, 9.17) is 16.3 Å². The highest BCUT2D eigenvalue weighted by Crippen LogP contribution is 2.27. The molecule has 0 radical (unpaired) electrons. The summed E-state index contributed by atoms with van der Waals surface area (Å²) < 4.78 is 6.64. The number of carbonyl (C=O) groups excluding carboxylic acids is 1. The number of ether oxygens (including phenoxy) is 1. The fourth-order valence-electron chi connectivity index (χ4n) is 3.15. The molecule has 158 valence electrons. The van der Waals surface area contributed by atoms with Gasteiger partial charge in [-0.25, -0.2) is 4.98 Å². The minimum Gasteiger partial charge on any atom is -0.495 e. The number of carbonyl (C=O) groups is 1. The third kappa shape index (κ3) is 4.45. The fraction of sp³-hybridized carbons (Fsp3) is 0.136. The molecule has 0 aliphatic heterocycles. The minimum atomic E-state index is -0.245. The molecule has 0 spiro atoms. The molecule has 0 atom stereocenters. The molecule has 0 saturated heterocycles. The Bertz CT molecular complexity index is 1320. The number of aryl methyl sites for hydroxylation is 1. The van der Waals surface area contributed by atoms with Crippen molar-refractivity contribution in [2.45, 2.75) is 12.1 Å². The molecule has 0 bridgehead atoms. The topological polar surface area (TPSA) is 89.0 Å². The van der Waals surface area contributed by atoms with Gasteiger partial charge < -0.3 is 15.0 Å². The monoisotopic (exact) mass is 454 g/mol. The van der Waals surface area contributed by atoms with E-state index in [-0.39, 0.29) is 17.2 Å². The highest BCUT2D eigenvalue weighted by atomic mass is 35.5. The number of anilines is 1. The van der Waals surface area contributed by atoms with Crippen LogP contribution >= 0.6 is 23.4 Å². The van der Waals surface area contributed by atoms with Crippen molar-refractivity contribution in [2.24, 2.45) is 0 Å². The first kappa shape index (κ1) is 21.0. The standard InChI is InChI=1S/C22H19ClN4O3S/c1-13-10-17-20(24-13)21(29)27(15-6-4-3-5-7-15)22(26-17)31-12-19(28)25-14-8-9-18(30-2)16(23)11-14/h3-11,24H,12H2,1-2H3,(H,25,28). The number of nitrogens with zero attached hydrogens (tertiary/aromatic N) is 2. The molecular formula is C22H19ClN4O3S. The SMILES string of the molecule is COc1ccc(NC(=O)CSc2nc3cc(C)[nH]c3c(=O)n2-c2ccccc2)cc1Cl. The molecule has 0 saturated carbocycles. The number of aromatic amines is 1. The molecule has 0 aliphatic rings. The summed E-state index contributed by atoms with van der Waals surface area (Å²) in [6, 6.07) is 16.1. The number of rotatable bonds is 6. The maximum atomic E-state index is 13.1. The molecule has 31 heavy (non-hydrogen) atoms. The van der Waals surface area contributed by atoms with Crippen LogP contribution < -0.4 is 15.6 Å². The second kappa shape index (κ2) is 8.87. The normalized spacial score (nSPS) is 10.9. The molecule has 0 unspecified atom stereocenters. The van der Waals surface area contributed by atoms with E-state index >= 15 is 0 Å². The lowest BCUT2D eigenvalue weighted by Gasteiger charge is -2.12. The maximum absolute atomic E-state index is 13.1. The van der Waals surface area contributed by atoms with Gasteiger partial charge in [-0.1, -0.05) is 41.6 Å². The zero-order valence-corrected chi connectivity index (χ0v) is 18.4. The Morgan fingerprint density at radius 2 is 2.00 bits per heavy atom. The fourth-order valence-corrected chi connectivity index (χ4v) is 4.22. The van der Waals surface area contributed by atoms with Crippen LogP contribution in [0.15, 0.2) is 64.5 Å². The zero-order chi connectivity index (χ0) is 22.0. The van der Waals surface area contributed by atoms with Gasteiger partial charge >= 0.3 is 0 Å². The first-order valence-electron chi connectivity index (χ1n) is 9.40. The van der Waals surface area contributed by atoms with Crippen molar-refractivity contribution >= 4 is 46.0 Å². The molecular weight excluding hydrogens is 436 g/mol. The Morgan fingerprint density at radius 3 is 2.71 bits per heavy atom. The Balaban J connectivity index is 1.61. The number of amides is 1. The summed E-state index contributed by atoms with van der Waals surface area (Å²) >= 11 is 7.30. The van der Waals surface area contributed by atoms with E-state index in [9.17, 15) is 9.59 Å². The van der Waals surface area contributed by atoms with Crippen LogP contribution in [0.3, 0.4) is 0 Å². The van der Waals surface area contributed by atoms with E-state index in [1.54, 1.807) is 18.2 Å². The molecule has 2 N–H and O–H groups in total. The van der Waals surface area contributed by atoms with Gasteiger partial charge in [0, 0.05) is 11.4 Å². The van der Waals surface area contributed by atoms with Crippen molar-refractivity contribution in [2.75, 3.05) is 18.2 Å². The quantitative estimate of drug-likeness (QED) is 0.332. The number of hydrogen-bond acceptors (Lipinski definition) is 5. The van der Waals surface area contributed by atoms with Crippen LogP contribution in [-0.2, 0) is 4.79 Å². The number of methoxy groups -OCH3 is 1. The molecule has 2 aromatic carbocycles. The van der Waals surface area contributed by atoms with E-state index in [0.717, 1.165) is 5.69 Å². The van der Waals surface area contributed by atoms with Crippen molar-refractivity contribution in [3.8, 4) is 11.4 Å². The van der Waals surface area contributed by atoms with Gasteiger partial charge in [-0.3, -0.25) is 14.2 Å². The largest absolute Gasteiger partial charge is 0.495 e. The molecule has 2 heterocycles. The first-order valence-corrected chi connectivity index (χ1v) is 10.8. The molecule has 9 heteroatoms. The number of hydrogen-bond donors (Lipinski definition) is 2. The third-order valence-electron chi connectivity index (χ3n) is 4.54. The average molecular weight is 455 g/mol. The molecule has 4 aromatic rings. The van der Waals surface area contributed by atoms with Crippen molar-refractivity contribution in [1.82, 2.24) is 14.5 Å². The average Bonchev–Trinajstić information content (AvgIpc) is 3.14. The van der Waals surface area contributed by atoms with Gasteiger partial charge in [0.2, 0.25) is 5.91 Å². The van der Waals surface area contributed by atoms with Crippen LogP contribution in [0.1, 0.15) is 5.69 Å². The van der Waals surface area contributed by atoms with Gasteiger partial charge in [0.25, 0.3) is 5.56 Å². The van der Waals surface area contributed by atoms with Gasteiger partial charge in [-0.2, -0.15) is 0 Å². The van der Waals surface area contributed by atoms with E-state index in [1.807, 2.05) is 43.3 Å². The summed E-state index contributed by atoms with van der Waals surface area (Å²) in [6.07, 6.45) is 0. The Morgan fingerprint density at radius 1 is 1.23 bits per heavy atom. The van der Waals surface area contributed by atoms with Crippen LogP contribution in [-0.4, -0.2) is 33.3 Å². The van der Waals surface area contributed by atoms with Crippen LogP contribution in [0.4, 0.5) is 5.69 Å². The smallest absolute Gasteiger partial charge is 0.283 e. The lowest BCUT2D eigenvalue weighted by molar-refractivity contribution is -0.113. The molecule has 1 amide bonds. The predicted molar refractivity (Wildman–Crippen MR) is 124 cm³/mol. The lowest BCUT2D eigenvalue weighted by Crippen LogP contribution is -2.23. The van der Waals surface area contributed by atoms with Crippen molar-refractivity contribution in [3.05, 3.63) is 75.7 Å². The van der Waals surface area contributed by atoms with E-state index in [2.05, 4.69) is 15.3 Å². The van der Waals surface area contributed by atoms with Crippen LogP contribution in [0.25, 0.3) is 16.7 Å². The van der Waals surface area contributed by atoms with Gasteiger partial charge in [0.1, 0.15) is 11.3 Å². The van der Waals surface area contributed by atoms with Crippen LogP contribution in [0.5, 0.6) is 5.75 Å². The summed E-state index contributed by atoms with van der Waals surface area (Å²) in [7, 11) is 1.53. The van der Waals surface area contributed by atoms with Crippen molar-refractivity contribution < 1.29 is 9.53 Å². The molecule has 4 rings (SSSR count). The van der Waals surface area contributed by atoms with Crippen molar-refractivity contribution in [1.29, 1.82) is 0 Å². The predicted octanol–water partition coefficient (Wildman–Crippen LogP) is 4.42. The number of benzene rings is 2. The van der Waals surface area contributed by atoms with Crippen molar-refractivity contribution in [3.63, 3.8) is 0 Å². The molecule has 0 aliphatic carbocycles. The van der Waals surface area contributed by atoms with Gasteiger partial charge in [0.15, 0.2) is 5.16 Å². The maximum Gasteiger partial charge on any atom is 0.283 e. The molecule has 2 aromatic heterocycles. The number of aromatic nitrogens is 3. The summed E-state index contributed by atoms with van der Waals surface area (Å²) in [5, 5.41) is 3.64. The zero-order valence-electron chi connectivity index (χ0n) is 16.8. The summed E-state index contributed by atoms with van der Waals surface area (Å²) in [5.74, 6) is 0.350. The van der Waals surface area contributed by atoms with E-state index in [1.165, 1.54) is 23.4 Å².